The van der Waals surface area contributed by atoms with Crippen LogP contribution in [0.4, 0.5) is 5.69 Å². The normalized spacial score (nSPS) is 17.0. The van der Waals surface area contributed by atoms with E-state index >= 15 is 0 Å². The first-order valence-electron chi connectivity index (χ1n) is 7.35. The van der Waals surface area contributed by atoms with Gasteiger partial charge < -0.3 is 14.8 Å². The number of aryl methyl sites for hydroxylation is 1. The van der Waals surface area contributed by atoms with Gasteiger partial charge in [-0.25, -0.2) is 0 Å². The molecular weight excluding hydrogens is 262 g/mol. The van der Waals surface area contributed by atoms with Gasteiger partial charge in [0.1, 0.15) is 11.5 Å². The maximum absolute atomic E-state index is 5.33. The van der Waals surface area contributed by atoms with Crippen LogP contribution in [0.3, 0.4) is 0 Å². The standard InChI is InChI=1S/C18H21NO2/c1-20-17-5-3-4-15(12-17)19-16-8-6-13-7-9-18(21-2)11-14(13)10-16/h3-5,7,9,11-12,16,19H,6,8,10H2,1-2H3. The Labute approximate surface area is 125 Å². The summed E-state index contributed by atoms with van der Waals surface area (Å²) in [6.07, 6.45) is 3.29. The summed E-state index contributed by atoms with van der Waals surface area (Å²) in [6.45, 7) is 0. The Morgan fingerprint density at radius 3 is 2.57 bits per heavy atom. The Morgan fingerprint density at radius 2 is 1.76 bits per heavy atom. The molecule has 3 rings (SSSR count). The fourth-order valence-corrected chi connectivity index (χ4v) is 2.93. The molecule has 0 spiro atoms. The summed E-state index contributed by atoms with van der Waals surface area (Å²) in [5.41, 5.74) is 3.95. The van der Waals surface area contributed by atoms with Crippen molar-refractivity contribution in [2.75, 3.05) is 19.5 Å². The van der Waals surface area contributed by atoms with Gasteiger partial charge in [-0.05, 0) is 54.7 Å². The molecule has 1 atom stereocenters. The topological polar surface area (TPSA) is 30.5 Å². The lowest BCUT2D eigenvalue weighted by molar-refractivity contribution is 0.413. The van der Waals surface area contributed by atoms with E-state index in [1.807, 2.05) is 18.2 Å². The number of fused-ring (bicyclic) bond motifs is 1. The number of methoxy groups -OCH3 is 2. The first kappa shape index (κ1) is 13.8. The molecule has 1 aliphatic carbocycles. The van der Waals surface area contributed by atoms with E-state index in [2.05, 4.69) is 29.6 Å². The molecule has 0 saturated carbocycles. The van der Waals surface area contributed by atoms with Crippen LogP contribution >= 0.6 is 0 Å². The van der Waals surface area contributed by atoms with Gasteiger partial charge in [-0.1, -0.05) is 12.1 Å². The van der Waals surface area contributed by atoms with E-state index in [0.717, 1.165) is 36.4 Å². The van der Waals surface area contributed by atoms with E-state index in [9.17, 15) is 0 Å². The monoisotopic (exact) mass is 283 g/mol. The Hall–Kier alpha value is -2.16. The molecule has 3 heteroatoms. The third-order valence-electron chi connectivity index (χ3n) is 4.08. The second-order valence-electron chi connectivity index (χ2n) is 5.45. The number of rotatable bonds is 4. The molecule has 1 aliphatic rings. The first-order chi connectivity index (χ1) is 10.3. The molecule has 0 heterocycles. The van der Waals surface area contributed by atoms with Crippen molar-refractivity contribution in [1.29, 1.82) is 0 Å². The molecule has 2 aromatic carbocycles. The molecule has 1 N–H and O–H groups in total. The van der Waals surface area contributed by atoms with E-state index in [-0.39, 0.29) is 0 Å². The third kappa shape index (κ3) is 3.13. The fourth-order valence-electron chi connectivity index (χ4n) is 2.93. The SMILES string of the molecule is COc1cccc(NC2CCc3ccc(OC)cc3C2)c1. The molecule has 0 radical (unpaired) electrons. The molecule has 2 aromatic rings. The molecular formula is C18H21NO2. The minimum Gasteiger partial charge on any atom is -0.497 e. The Bertz CT molecular complexity index is 624. The van der Waals surface area contributed by atoms with Gasteiger partial charge in [0.25, 0.3) is 0 Å². The summed E-state index contributed by atoms with van der Waals surface area (Å²) in [4.78, 5) is 0. The number of nitrogens with one attached hydrogen (secondary N) is 1. The Balaban J connectivity index is 1.73. The lowest BCUT2D eigenvalue weighted by Crippen LogP contribution is -2.27. The van der Waals surface area contributed by atoms with Crippen molar-refractivity contribution in [2.45, 2.75) is 25.3 Å². The van der Waals surface area contributed by atoms with Gasteiger partial charge in [0.05, 0.1) is 14.2 Å². The van der Waals surface area contributed by atoms with Crippen molar-refractivity contribution < 1.29 is 9.47 Å². The predicted molar refractivity (Wildman–Crippen MR) is 85.4 cm³/mol. The summed E-state index contributed by atoms with van der Waals surface area (Å²) in [5, 5.41) is 3.61. The van der Waals surface area contributed by atoms with Crippen molar-refractivity contribution in [1.82, 2.24) is 0 Å². The second-order valence-corrected chi connectivity index (χ2v) is 5.45. The van der Waals surface area contributed by atoms with E-state index in [4.69, 9.17) is 9.47 Å². The van der Waals surface area contributed by atoms with Crippen LogP contribution in [-0.2, 0) is 12.8 Å². The van der Waals surface area contributed by atoms with Gasteiger partial charge >= 0.3 is 0 Å². The fraction of sp³-hybridized carbons (Fsp3) is 0.333. The molecule has 1 unspecified atom stereocenters. The minimum atomic E-state index is 0.455. The Kier molecular flexibility index (Phi) is 4.00. The highest BCUT2D eigenvalue weighted by Gasteiger charge is 2.19. The molecule has 0 saturated heterocycles. The largest absolute Gasteiger partial charge is 0.497 e. The highest BCUT2D eigenvalue weighted by Crippen LogP contribution is 2.27. The number of ether oxygens (including phenoxy) is 2. The van der Waals surface area contributed by atoms with E-state index in [1.54, 1.807) is 14.2 Å². The molecule has 21 heavy (non-hydrogen) atoms. The van der Waals surface area contributed by atoms with Gasteiger partial charge in [-0.15, -0.1) is 0 Å². The maximum Gasteiger partial charge on any atom is 0.120 e. The Morgan fingerprint density at radius 1 is 0.952 bits per heavy atom. The van der Waals surface area contributed by atoms with Gasteiger partial charge in [0.2, 0.25) is 0 Å². The smallest absolute Gasteiger partial charge is 0.120 e. The van der Waals surface area contributed by atoms with Crippen LogP contribution in [0, 0.1) is 0 Å². The molecule has 0 amide bonds. The van der Waals surface area contributed by atoms with Gasteiger partial charge in [0, 0.05) is 17.8 Å². The van der Waals surface area contributed by atoms with E-state index in [0.29, 0.717) is 6.04 Å². The second kappa shape index (κ2) is 6.08. The zero-order valence-corrected chi connectivity index (χ0v) is 12.6. The van der Waals surface area contributed by atoms with Crippen LogP contribution in [0.1, 0.15) is 17.5 Å². The van der Waals surface area contributed by atoms with Crippen molar-refractivity contribution in [3.05, 3.63) is 53.6 Å². The van der Waals surface area contributed by atoms with Crippen LogP contribution in [0.5, 0.6) is 11.5 Å². The lowest BCUT2D eigenvalue weighted by Gasteiger charge is -2.27. The van der Waals surface area contributed by atoms with Crippen LogP contribution in [0.15, 0.2) is 42.5 Å². The van der Waals surface area contributed by atoms with Crippen LogP contribution in [0.2, 0.25) is 0 Å². The number of hydrogen-bond donors (Lipinski definition) is 1. The maximum atomic E-state index is 5.33. The van der Waals surface area contributed by atoms with Crippen molar-refractivity contribution in [3.63, 3.8) is 0 Å². The summed E-state index contributed by atoms with van der Waals surface area (Å²) in [6, 6.07) is 15.0. The number of anilines is 1. The highest BCUT2D eigenvalue weighted by atomic mass is 16.5. The van der Waals surface area contributed by atoms with E-state index in [1.165, 1.54) is 11.1 Å². The molecule has 110 valence electrons. The zero-order valence-electron chi connectivity index (χ0n) is 12.6. The minimum absolute atomic E-state index is 0.455. The van der Waals surface area contributed by atoms with E-state index < -0.39 is 0 Å². The summed E-state index contributed by atoms with van der Waals surface area (Å²) < 4.78 is 10.6. The third-order valence-corrected chi connectivity index (χ3v) is 4.08. The highest BCUT2D eigenvalue weighted by molar-refractivity contribution is 5.50. The van der Waals surface area contributed by atoms with Crippen LogP contribution in [0.25, 0.3) is 0 Å². The zero-order chi connectivity index (χ0) is 14.7. The number of benzene rings is 2. The average Bonchev–Trinajstić information content (AvgIpc) is 2.54. The van der Waals surface area contributed by atoms with Gasteiger partial charge in [-0.2, -0.15) is 0 Å². The van der Waals surface area contributed by atoms with Gasteiger partial charge in [-0.3, -0.25) is 0 Å². The molecule has 0 bridgehead atoms. The molecule has 3 nitrogen and oxygen atoms in total. The predicted octanol–water partition coefficient (Wildman–Crippen LogP) is 3.67. The van der Waals surface area contributed by atoms with Gasteiger partial charge in [0.15, 0.2) is 0 Å². The van der Waals surface area contributed by atoms with Crippen molar-refractivity contribution in [2.24, 2.45) is 0 Å². The summed E-state index contributed by atoms with van der Waals surface area (Å²) in [5.74, 6) is 1.83. The lowest BCUT2D eigenvalue weighted by atomic mass is 9.88. The quantitative estimate of drug-likeness (QED) is 0.928. The molecule has 0 aliphatic heterocycles. The summed E-state index contributed by atoms with van der Waals surface area (Å²) >= 11 is 0. The molecule has 0 aromatic heterocycles. The first-order valence-corrected chi connectivity index (χ1v) is 7.35. The van der Waals surface area contributed by atoms with Crippen LogP contribution < -0.4 is 14.8 Å². The number of hydrogen-bond acceptors (Lipinski definition) is 3. The van der Waals surface area contributed by atoms with Crippen LogP contribution in [-0.4, -0.2) is 20.3 Å². The molecule has 0 fully saturated rings. The van der Waals surface area contributed by atoms with Crippen molar-refractivity contribution >= 4 is 5.69 Å². The van der Waals surface area contributed by atoms with Crippen molar-refractivity contribution in [3.8, 4) is 11.5 Å². The summed E-state index contributed by atoms with van der Waals surface area (Å²) in [7, 11) is 3.42. The average molecular weight is 283 g/mol.